The highest BCUT2D eigenvalue weighted by molar-refractivity contribution is 6.01. The number of carbonyl (C=O) groups is 2. The average molecular weight is 243 g/mol. The summed E-state index contributed by atoms with van der Waals surface area (Å²) in [5.41, 5.74) is 5.63. The lowest BCUT2D eigenvalue weighted by Gasteiger charge is -2.07. The summed E-state index contributed by atoms with van der Waals surface area (Å²) in [6, 6.07) is 5.92. The first-order valence-electron chi connectivity index (χ1n) is 5.04. The molecule has 2 aromatic heterocycles. The van der Waals surface area contributed by atoms with Gasteiger partial charge in [0.2, 0.25) is 0 Å². The highest BCUT2D eigenvalue weighted by Gasteiger charge is 2.18. The van der Waals surface area contributed by atoms with Crippen LogP contribution in [0.25, 0.3) is 11.4 Å². The van der Waals surface area contributed by atoms with E-state index in [0.29, 0.717) is 0 Å². The van der Waals surface area contributed by atoms with Gasteiger partial charge >= 0.3 is 5.97 Å². The first kappa shape index (κ1) is 11.7. The molecule has 0 spiro atoms. The monoisotopic (exact) mass is 243 g/mol. The van der Waals surface area contributed by atoms with Gasteiger partial charge < -0.3 is 10.8 Å². The molecule has 6 nitrogen and oxygen atoms in total. The molecular formula is C12H9N3O3. The fourth-order valence-corrected chi connectivity index (χ4v) is 1.56. The molecule has 0 aliphatic rings. The van der Waals surface area contributed by atoms with Gasteiger partial charge in [-0.1, -0.05) is 0 Å². The van der Waals surface area contributed by atoms with Crippen LogP contribution < -0.4 is 5.73 Å². The molecule has 2 aromatic rings. The van der Waals surface area contributed by atoms with Crippen molar-refractivity contribution in [3.8, 4) is 11.4 Å². The third-order valence-corrected chi connectivity index (χ3v) is 2.34. The summed E-state index contributed by atoms with van der Waals surface area (Å²) in [4.78, 5) is 30.3. The summed E-state index contributed by atoms with van der Waals surface area (Å²) in [6.45, 7) is 0. The van der Waals surface area contributed by atoms with Crippen LogP contribution in [0.3, 0.4) is 0 Å². The Bertz CT molecular complexity index is 570. The third-order valence-electron chi connectivity index (χ3n) is 2.34. The molecule has 1 amide bonds. The Kier molecular flexibility index (Phi) is 3.01. The van der Waals surface area contributed by atoms with Gasteiger partial charge in [-0.3, -0.25) is 14.8 Å². The molecule has 2 rings (SSSR count). The number of primary amides is 1. The molecule has 6 heteroatoms. The fourth-order valence-electron chi connectivity index (χ4n) is 1.56. The number of aromatic carboxylic acids is 1. The van der Waals surface area contributed by atoms with E-state index in [1.165, 1.54) is 30.6 Å². The fraction of sp³-hybridized carbons (Fsp3) is 0. The highest BCUT2D eigenvalue weighted by atomic mass is 16.4. The van der Waals surface area contributed by atoms with Gasteiger partial charge in [-0.2, -0.15) is 0 Å². The van der Waals surface area contributed by atoms with Crippen molar-refractivity contribution in [2.75, 3.05) is 0 Å². The zero-order valence-electron chi connectivity index (χ0n) is 9.20. The Morgan fingerprint density at radius 3 is 2.00 bits per heavy atom. The van der Waals surface area contributed by atoms with Gasteiger partial charge in [-0.15, -0.1) is 0 Å². The van der Waals surface area contributed by atoms with Gasteiger partial charge in [-0.05, 0) is 24.3 Å². The first-order valence-corrected chi connectivity index (χ1v) is 5.04. The molecule has 0 aromatic carbocycles. The maximum absolute atomic E-state index is 11.3. The molecule has 0 unspecified atom stereocenters. The molecule has 3 N–H and O–H groups in total. The molecule has 0 bridgehead atoms. The molecule has 0 atom stereocenters. The van der Waals surface area contributed by atoms with E-state index in [-0.39, 0.29) is 22.5 Å². The number of pyridine rings is 2. The van der Waals surface area contributed by atoms with E-state index in [9.17, 15) is 9.59 Å². The van der Waals surface area contributed by atoms with E-state index in [1.54, 1.807) is 6.07 Å². The Morgan fingerprint density at radius 1 is 1.00 bits per heavy atom. The molecule has 0 saturated heterocycles. The normalized spacial score (nSPS) is 10.0. The number of nitrogens with two attached hydrogens (primary N) is 1. The lowest BCUT2D eigenvalue weighted by atomic mass is 10.1. The van der Waals surface area contributed by atoms with Crippen molar-refractivity contribution in [3.05, 3.63) is 47.8 Å². The largest absolute Gasteiger partial charge is 0.478 e. The molecule has 90 valence electrons. The lowest BCUT2D eigenvalue weighted by Crippen LogP contribution is -2.14. The third kappa shape index (κ3) is 2.03. The summed E-state index contributed by atoms with van der Waals surface area (Å²) in [5.74, 6) is -1.82. The predicted octanol–water partition coefficient (Wildman–Crippen LogP) is 0.941. The number of hydrogen-bond acceptors (Lipinski definition) is 4. The van der Waals surface area contributed by atoms with Crippen LogP contribution in [0.1, 0.15) is 20.7 Å². The number of rotatable bonds is 3. The molecule has 2 heterocycles. The molecule has 18 heavy (non-hydrogen) atoms. The van der Waals surface area contributed by atoms with Crippen LogP contribution in [-0.2, 0) is 0 Å². The van der Waals surface area contributed by atoms with Gasteiger partial charge in [0.25, 0.3) is 5.91 Å². The molecule has 0 radical (unpaired) electrons. The summed E-state index contributed by atoms with van der Waals surface area (Å²) in [5, 5.41) is 9.07. The van der Waals surface area contributed by atoms with Gasteiger partial charge in [-0.25, -0.2) is 4.79 Å². The smallest absolute Gasteiger partial charge is 0.337 e. The average Bonchev–Trinajstić information content (AvgIpc) is 2.38. The molecule has 0 aliphatic heterocycles. The van der Waals surface area contributed by atoms with E-state index < -0.39 is 11.9 Å². The van der Waals surface area contributed by atoms with E-state index in [4.69, 9.17) is 10.8 Å². The number of amides is 1. The standard InChI is InChI=1S/C12H9N3O3/c13-11(16)7-3-1-5-14-9(7)10-8(12(17)18)4-2-6-15-10/h1-6H,(H2,13,16)(H,17,18). The number of carboxylic acids is 1. The van der Waals surface area contributed by atoms with Gasteiger partial charge in [0, 0.05) is 12.4 Å². The van der Waals surface area contributed by atoms with Crippen molar-refractivity contribution in [2.24, 2.45) is 5.73 Å². The van der Waals surface area contributed by atoms with Crippen molar-refractivity contribution in [1.82, 2.24) is 9.97 Å². The second kappa shape index (κ2) is 4.62. The van der Waals surface area contributed by atoms with E-state index in [0.717, 1.165) is 0 Å². The highest BCUT2D eigenvalue weighted by Crippen LogP contribution is 2.22. The van der Waals surface area contributed by atoms with Crippen molar-refractivity contribution < 1.29 is 14.7 Å². The Balaban J connectivity index is 2.70. The second-order valence-corrected chi connectivity index (χ2v) is 3.47. The lowest BCUT2D eigenvalue weighted by molar-refractivity contribution is 0.0697. The molecular weight excluding hydrogens is 234 g/mol. The van der Waals surface area contributed by atoms with E-state index in [2.05, 4.69) is 9.97 Å². The number of carboxylic acid groups (broad SMARTS) is 1. The van der Waals surface area contributed by atoms with Gasteiger partial charge in [0.05, 0.1) is 11.1 Å². The summed E-state index contributed by atoms with van der Waals surface area (Å²) < 4.78 is 0. The van der Waals surface area contributed by atoms with Crippen LogP contribution in [0.5, 0.6) is 0 Å². The number of hydrogen-bond donors (Lipinski definition) is 2. The van der Waals surface area contributed by atoms with Crippen molar-refractivity contribution >= 4 is 11.9 Å². The summed E-state index contributed by atoms with van der Waals surface area (Å²) >= 11 is 0. The van der Waals surface area contributed by atoms with E-state index in [1.807, 2.05) is 0 Å². The second-order valence-electron chi connectivity index (χ2n) is 3.47. The van der Waals surface area contributed by atoms with Crippen molar-refractivity contribution in [3.63, 3.8) is 0 Å². The number of nitrogens with zero attached hydrogens (tertiary/aromatic N) is 2. The Labute approximate surface area is 102 Å². The maximum atomic E-state index is 11.3. The minimum atomic E-state index is -1.14. The SMILES string of the molecule is NC(=O)c1cccnc1-c1ncccc1C(=O)O. The Hall–Kier alpha value is -2.76. The van der Waals surface area contributed by atoms with Crippen LogP contribution in [0.4, 0.5) is 0 Å². The summed E-state index contributed by atoms with van der Waals surface area (Å²) in [7, 11) is 0. The van der Waals surface area contributed by atoms with E-state index >= 15 is 0 Å². The van der Waals surface area contributed by atoms with Crippen molar-refractivity contribution in [2.45, 2.75) is 0 Å². The molecule has 0 aliphatic carbocycles. The van der Waals surface area contributed by atoms with Crippen LogP contribution in [0, 0.1) is 0 Å². The molecule has 0 fully saturated rings. The quantitative estimate of drug-likeness (QED) is 0.834. The van der Waals surface area contributed by atoms with Crippen LogP contribution in [0.2, 0.25) is 0 Å². The zero-order chi connectivity index (χ0) is 13.1. The number of aromatic nitrogens is 2. The van der Waals surface area contributed by atoms with Crippen molar-refractivity contribution in [1.29, 1.82) is 0 Å². The van der Waals surface area contributed by atoms with Crippen LogP contribution in [0.15, 0.2) is 36.7 Å². The maximum Gasteiger partial charge on any atom is 0.337 e. The number of carbonyl (C=O) groups excluding carboxylic acids is 1. The van der Waals surface area contributed by atoms with Gasteiger partial charge in [0.1, 0.15) is 11.4 Å². The van der Waals surface area contributed by atoms with Crippen LogP contribution >= 0.6 is 0 Å². The van der Waals surface area contributed by atoms with Gasteiger partial charge in [0.15, 0.2) is 0 Å². The topological polar surface area (TPSA) is 106 Å². The van der Waals surface area contributed by atoms with Crippen LogP contribution in [-0.4, -0.2) is 27.0 Å². The first-order chi connectivity index (χ1) is 8.61. The summed E-state index contributed by atoms with van der Waals surface area (Å²) in [6.07, 6.45) is 2.88. The molecule has 0 saturated carbocycles. The Morgan fingerprint density at radius 2 is 1.50 bits per heavy atom. The minimum Gasteiger partial charge on any atom is -0.478 e. The zero-order valence-corrected chi connectivity index (χ0v) is 9.20. The predicted molar refractivity (Wildman–Crippen MR) is 62.9 cm³/mol. The minimum absolute atomic E-state index is 0.0290.